The Kier molecular flexibility index (Phi) is 15.6. The fourth-order valence-electron chi connectivity index (χ4n) is 8.70. The Balaban J connectivity index is 0.00000320. The molecule has 19 heteroatoms. The number of halogens is 4. The van der Waals surface area contributed by atoms with E-state index in [9.17, 15) is 32.7 Å². The second-order valence-corrected chi connectivity index (χ2v) is 18.6. The summed E-state index contributed by atoms with van der Waals surface area (Å²) in [6.07, 6.45) is 7.07. The highest BCUT2D eigenvalue weighted by Gasteiger charge is 2.40. The van der Waals surface area contributed by atoms with E-state index in [1.807, 2.05) is 38.1 Å². The number of carbonyl (C=O) groups excluding carboxylic acids is 3. The average molecular weight is 936 g/mol. The smallest absolute Gasteiger partial charge is 0.389 e. The fourth-order valence-corrected chi connectivity index (χ4v) is 9.68. The van der Waals surface area contributed by atoms with Crippen molar-refractivity contribution in [3.05, 3.63) is 89.1 Å². The van der Waals surface area contributed by atoms with Crippen LogP contribution in [0.4, 0.5) is 29.2 Å². The largest absolute Gasteiger partial charge is 0.419 e. The van der Waals surface area contributed by atoms with Crippen LogP contribution >= 0.6 is 11.9 Å². The number of benzene rings is 2. The molecule has 6 heterocycles. The van der Waals surface area contributed by atoms with Crippen molar-refractivity contribution < 1.29 is 41.8 Å². The number of fused-ring (bicyclic) bond motifs is 1. The van der Waals surface area contributed by atoms with Gasteiger partial charge in [-0.1, -0.05) is 38.1 Å². The Hall–Kier alpha value is -5.21. The van der Waals surface area contributed by atoms with Crippen molar-refractivity contribution in [2.24, 2.45) is 5.92 Å². The molecule has 354 valence electrons. The molecule has 3 saturated heterocycles. The van der Waals surface area contributed by atoms with Gasteiger partial charge in [-0.25, -0.2) is 18.7 Å². The molecule has 2 aromatic carbocycles. The van der Waals surface area contributed by atoms with Crippen LogP contribution in [0.2, 0.25) is 0 Å². The number of nitrogens with one attached hydrogen (secondary N) is 2. The first-order chi connectivity index (χ1) is 31.6. The number of alkyl halides is 3. The standard InChI is InChI=1S/C45H51F4N9O5S.C2H6/c1-44(2,62)27-56-25-30(22-51-56)40-35(45(47,48)49)23-50-43(54-40)52-37-9-8-32(21-36(37)46)64-57-18-12-28(13-19-57)24-55-16-14-31(15-17-55)63-20-4-6-29-5-3-7-33-34(29)26-58(42(33)61)38-10-11-39(59)53-41(38)60;1-2/h3-9,21-23,25,28,31,38,62H,10-20,24,26-27H2,1-2H3,(H,50,52,54)(H,53,59,60);1-2H3/b6-4+;. The van der Waals surface area contributed by atoms with Gasteiger partial charge in [-0.15, -0.1) is 0 Å². The van der Waals surface area contributed by atoms with Crippen molar-refractivity contribution in [2.45, 2.75) is 108 Å². The van der Waals surface area contributed by atoms with E-state index in [0.717, 1.165) is 69.5 Å². The van der Waals surface area contributed by atoms with Crippen LogP contribution in [0.15, 0.2) is 66.0 Å². The average Bonchev–Trinajstić information content (AvgIpc) is 3.88. The van der Waals surface area contributed by atoms with E-state index >= 15 is 4.39 Å². The summed E-state index contributed by atoms with van der Waals surface area (Å²) in [5, 5.41) is 19.3. The minimum atomic E-state index is -4.75. The number of hydrogen-bond acceptors (Lipinski definition) is 12. The van der Waals surface area contributed by atoms with Crippen molar-refractivity contribution in [3.63, 3.8) is 0 Å². The molecule has 0 radical (unpaired) electrons. The summed E-state index contributed by atoms with van der Waals surface area (Å²) < 4.78 is 66.9. The number of ether oxygens (including phenoxy) is 1. The molecular formula is C47H57F4N9O5S. The van der Waals surface area contributed by atoms with E-state index in [0.29, 0.717) is 42.1 Å². The molecule has 1 atom stereocenters. The van der Waals surface area contributed by atoms with Gasteiger partial charge in [-0.05, 0) is 99.2 Å². The van der Waals surface area contributed by atoms with Gasteiger partial charge in [-0.2, -0.15) is 18.3 Å². The molecule has 3 N–H and O–H groups in total. The van der Waals surface area contributed by atoms with Gasteiger partial charge in [0.15, 0.2) is 0 Å². The van der Waals surface area contributed by atoms with Crippen LogP contribution in [0.25, 0.3) is 17.3 Å². The summed E-state index contributed by atoms with van der Waals surface area (Å²) >= 11 is 1.48. The van der Waals surface area contributed by atoms with Crippen molar-refractivity contribution in [1.29, 1.82) is 0 Å². The summed E-state index contributed by atoms with van der Waals surface area (Å²) in [5.41, 5.74) is -0.150. The van der Waals surface area contributed by atoms with Crippen LogP contribution in [-0.4, -0.2) is 114 Å². The van der Waals surface area contributed by atoms with E-state index < -0.39 is 40.8 Å². The normalized spacial score (nSPS) is 19.3. The number of likely N-dealkylation sites (tertiary alicyclic amines) is 1. The van der Waals surface area contributed by atoms with Crippen molar-refractivity contribution in [1.82, 2.24) is 39.2 Å². The Morgan fingerprint density at radius 2 is 1.76 bits per heavy atom. The zero-order chi connectivity index (χ0) is 47.2. The Morgan fingerprint density at radius 1 is 1.00 bits per heavy atom. The summed E-state index contributed by atoms with van der Waals surface area (Å²) in [6.45, 7) is 12.6. The number of aliphatic hydroxyl groups is 1. The van der Waals surface area contributed by atoms with Crippen LogP contribution in [0.5, 0.6) is 0 Å². The number of rotatable bonds is 14. The summed E-state index contributed by atoms with van der Waals surface area (Å²) in [6, 6.07) is 9.59. The minimum absolute atomic E-state index is 0.0209. The van der Waals surface area contributed by atoms with Crippen molar-refractivity contribution >= 4 is 47.4 Å². The number of piperidine rings is 3. The summed E-state index contributed by atoms with van der Waals surface area (Å²) in [7, 11) is 0. The van der Waals surface area contributed by atoms with Gasteiger partial charge in [0.05, 0.1) is 42.4 Å². The van der Waals surface area contributed by atoms with E-state index in [1.54, 1.807) is 30.9 Å². The number of amides is 3. The molecule has 4 aliphatic rings. The highest BCUT2D eigenvalue weighted by molar-refractivity contribution is 7.97. The number of hydrogen-bond donors (Lipinski definition) is 3. The zero-order valence-corrected chi connectivity index (χ0v) is 38.4. The molecule has 0 spiro atoms. The number of anilines is 2. The summed E-state index contributed by atoms with van der Waals surface area (Å²) in [4.78, 5) is 49.9. The van der Waals surface area contributed by atoms with Crippen LogP contribution in [-0.2, 0) is 33.6 Å². The fraction of sp³-hybridized carbons (Fsp3) is 0.489. The van der Waals surface area contributed by atoms with Gasteiger partial charge in [0.1, 0.15) is 17.4 Å². The Bertz CT molecular complexity index is 2390. The van der Waals surface area contributed by atoms with Crippen molar-refractivity contribution in [3.8, 4) is 11.3 Å². The predicted molar refractivity (Wildman–Crippen MR) is 243 cm³/mol. The first kappa shape index (κ1) is 48.7. The predicted octanol–water partition coefficient (Wildman–Crippen LogP) is 7.71. The number of nitrogens with zero attached hydrogens (tertiary/aromatic N) is 7. The Labute approximate surface area is 386 Å². The molecule has 0 aliphatic carbocycles. The third-order valence-electron chi connectivity index (χ3n) is 11.9. The molecule has 8 rings (SSSR count). The third-order valence-corrected chi connectivity index (χ3v) is 13.0. The van der Waals surface area contributed by atoms with Crippen LogP contribution in [0.1, 0.15) is 93.3 Å². The quantitative estimate of drug-likeness (QED) is 0.0644. The topological polar surface area (TPSA) is 158 Å². The van der Waals surface area contributed by atoms with Crippen LogP contribution in [0, 0.1) is 11.7 Å². The maximum Gasteiger partial charge on any atom is 0.419 e. The molecule has 4 aromatic rings. The van der Waals surface area contributed by atoms with Gasteiger partial charge in [0, 0.05) is 74.1 Å². The molecule has 4 aliphatic heterocycles. The first-order valence-corrected chi connectivity index (χ1v) is 23.3. The summed E-state index contributed by atoms with van der Waals surface area (Å²) in [5.74, 6) is -1.18. The molecule has 3 fully saturated rings. The minimum Gasteiger partial charge on any atom is -0.389 e. The van der Waals surface area contributed by atoms with Gasteiger partial charge < -0.3 is 25.0 Å². The maximum absolute atomic E-state index is 15.4. The Morgan fingerprint density at radius 3 is 2.45 bits per heavy atom. The molecule has 0 saturated carbocycles. The van der Waals surface area contributed by atoms with E-state index in [1.165, 1.54) is 41.2 Å². The maximum atomic E-state index is 15.4. The first-order valence-electron chi connectivity index (χ1n) is 22.5. The lowest BCUT2D eigenvalue weighted by Gasteiger charge is -2.37. The second-order valence-electron chi connectivity index (χ2n) is 17.4. The molecule has 66 heavy (non-hydrogen) atoms. The SMILES string of the molecule is CC.CC(C)(O)Cn1cc(-c2nc(Nc3ccc(SN4CCC(CN5CCC(OC/C=C/c6cccc7c6CN(C6CCC(=O)NC6=O)C7=O)CC5)CC4)cc3F)ncc2C(F)(F)F)cn1. The van der Waals surface area contributed by atoms with Gasteiger partial charge in [0.2, 0.25) is 17.8 Å². The molecule has 0 bridgehead atoms. The number of imide groups is 1. The number of aromatic nitrogens is 4. The lowest BCUT2D eigenvalue weighted by Crippen LogP contribution is -2.52. The third kappa shape index (κ3) is 12.2. The van der Waals surface area contributed by atoms with Gasteiger partial charge >= 0.3 is 6.18 Å². The number of carbonyl (C=O) groups is 3. The van der Waals surface area contributed by atoms with Crippen LogP contribution in [0.3, 0.4) is 0 Å². The lowest BCUT2D eigenvalue weighted by molar-refractivity contribution is -0.138. The highest BCUT2D eigenvalue weighted by Crippen LogP contribution is 2.37. The lowest BCUT2D eigenvalue weighted by atomic mass is 9.96. The monoisotopic (exact) mass is 935 g/mol. The zero-order valence-electron chi connectivity index (χ0n) is 37.6. The molecular weight excluding hydrogens is 879 g/mol. The molecule has 2 aromatic heterocycles. The molecule has 3 amide bonds. The van der Waals surface area contributed by atoms with E-state index in [-0.39, 0.29) is 48.1 Å². The van der Waals surface area contributed by atoms with E-state index in [4.69, 9.17) is 4.74 Å². The molecule has 14 nitrogen and oxygen atoms in total. The molecule has 1 unspecified atom stereocenters. The second kappa shape index (κ2) is 21.2. The van der Waals surface area contributed by atoms with Crippen molar-refractivity contribution in [2.75, 3.05) is 44.6 Å². The highest BCUT2D eigenvalue weighted by atomic mass is 32.2. The van der Waals surface area contributed by atoms with Gasteiger partial charge in [0.25, 0.3) is 5.91 Å². The van der Waals surface area contributed by atoms with Crippen LogP contribution < -0.4 is 10.6 Å². The van der Waals surface area contributed by atoms with E-state index in [2.05, 4.69) is 34.9 Å². The van der Waals surface area contributed by atoms with Gasteiger partial charge in [-0.3, -0.25) is 24.4 Å².